The average molecular weight is 161 g/mol. The summed E-state index contributed by atoms with van der Waals surface area (Å²) in [5, 5.41) is 8.39. The van der Waals surface area contributed by atoms with Crippen LogP contribution in [0.3, 0.4) is 0 Å². The maximum absolute atomic E-state index is 10.2. The zero-order valence-corrected chi connectivity index (χ0v) is 7.37. The van der Waals surface area contributed by atoms with E-state index >= 15 is 0 Å². The van der Waals surface area contributed by atoms with Gasteiger partial charge in [0.1, 0.15) is 0 Å². The predicted octanol–water partition coefficient (Wildman–Crippen LogP) is -0.505. The van der Waals surface area contributed by atoms with Crippen molar-refractivity contribution in [3.05, 3.63) is 0 Å². The minimum Gasteiger partial charge on any atom is -0.481 e. The van der Waals surface area contributed by atoms with E-state index in [0.717, 1.165) is 0 Å². The Balaban J connectivity index is 3.69. The molecule has 0 saturated carbocycles. The number of carboxylic acid groups (broad SMARTS) is 1. The molecule has 0 aromatic heterocycles. The summed E-state index contributed by atoms with van der Waals surface area (Å²) in [6.07, 6.45) is 0.0511. The number of likely N-dealkylation sites (N-methyl/N-ethyl adjacent to an activating group) is 1. The molecule has 0 fully saturated rings. The van der Waals surface area contributed by atoms with Crippen LogP contribution in [0.25, 0.3) is 0 Å². The third-order valence-corrected chi connectivity index (χ3v) is 1.22. The molecule has 0 unspecified atom stereocenters. The first-order chi connectivity index (χ1) is 4.81. The molecule has 1 atom stereocenters. The number of hydrogen-bond acceptors (Lipinski definition) is 2. The molecule has 0 aliphatic carbocycles. The molecule has 4 nitrogen and oxygen atoms in total. The molecule has 0 amide bonds. The third-order valence-electron chi connectivity index (χ3n) is 1.22. The summed E-state index contributed by atoms with van der Waals surface area (Å²) in [5.41, 5.74) is 5.56. The molecule has 0 aliphatic heterocycles. The van der Waals surface area contributed by atoms with Crippen molar-refractivity contribution in [3.63, 3.8) is 0 Å². The van der Waals surface area contributed by atoms with Crippen molar-refractivity contribution in [3.8, 4) is 0 Å². The molecular formula is C7H17N2O2+. The van der Waals surface area contributed by atoms with Crippen LogP contribution in [-0.2, 0) is 4.79 Å². The number of carbonyl (C=O) groups is 1. The molecule has 66 valence electrons. The number of nitrogens with two attached hydrogens (primary N) is 1. The molecule has 0 spiro atoms. The zero-order chi connectivity index (χ0) is 9.07. The fraction of sp³-hybridized carbons (Fsp3) is 0.857. The summed E-state index contributed by atoms with van der Waals surface area (Å²) in [6.45, 7) is 0.687. The number of nitrogens with zero attached hydrogens (tertiary/aromatic N) is 1. The number of carboxylic acids is 1. The molecule has 0 aliphatic rings. The van der Waals surface area contributed by atoms with Crippen LogP contribution >= 0.6 is 0 Å². The van der Waals surface area contributed by atoms with E-state index in [2.05, 4.69) is 0 Å². The topological polar surface area (TPSA) is 63.3 Å². The van der Waals surface area contributed by atoms with E-state index in [-0.39, 0.29) is 12.5 Å². The van der Waals surface area contributed by atoms with Crippen molar-refractivity contribution in [1.82, 2.24) is 0 Å². The lowest BCUT2D eigenvalue weighted by Crippen LogP contribution is -2.45. The van der Waals surface area contributed by atoms with Crippen molar-refractivity contribution < 1.29 is 14.4 Å². The lowest BCUT2D eigenvalue weighted by molar-refractivity contribution is -0.871. The van der Waals surface area contributed by atoms with Crippen molar-refractivity contribution in [2.75, 3.05) is 27.7 Å². The van der Waals surface area contributed by atoms with Gasteiger partial charge >= 0.3 is 5.97 Å². The fourth-order valence-electron chi connectivity index (χ4n) is 0.992. The van der Waals surface area contributed by atoms with Crippen LogP contribution in [0.4, 0.5) is 0 Å². The Kier molecular flexibility index (Phi) is 3.48. The van der Waals surface area contributed by atoms with Gasteiger partial charge in [-0.2, -0.15) is 0 Å². The number of rotatable bonds is 4. The Labute approximate surface area is 67.2 Å². The molecule has 0 bridgehead atoms. The summed E-state index contributed by atoms with van der Waals surface area (Å²) in [4.78, 5) is 10.2. The van der Waals surface area contributed by atoms with E-state index in [1.165, 1.54) is 0 Å². The normalized spacial score (nSPS) is 14.5. The molecule has 0 saturated heterocycles. The van der Waals surface area contributed by atoms with Crippen LogP contribution in [0.5, 0.6) is 0 Å². The zero-order valence-electron chi connectivity index (χ0n) is 7.37. The SMILES string of the molecule is C[N+](C)(C)C[C@@H](N)CC(=O)O. The second kappa shape index (κ2) is 3.69. The summed E-state index contributed by atoms with van der Waals surface area (Å²) in [5.74, 6) is -0.828. The maximum atomic E-state index is 10.2. The Bertz CT molecular complexity index is 140. The predicted molar refractivity (Wildman–Crippen MR) is 43.1 cm³/mol. The summed E-state index contributed by atoms with van der Waals surface area (Å²) in [6, 6.07) is -0.243. The van der Waals surface area contributed by atoms with Crippen molar-refractivity contribution >= 4 is 5.97 Å². The van der Waals surface area contributed by atoms with Crippen LogP contribution in [0.1, 0.15) is 6.42 Å². The number of quaternary nitrogens is 1. The lowest BCUT2D eigenvalue weighted by Gasteiger charge is -2.26. The van der Waals surface area contributed by atoms with Gasteiger partial charge in [0.25, 0.3) is 0 Å². The quantitative estimate of drug-likeness (QED) is 0.546. The van der Waals surface area contributed by atoms with Gasteiger partial charge in [0, 0.05) is 0 Å². The van der Waals surface area contributed by atoms with Gasteiger partial charge in [0.05, 0.1) is 40.2 Å². The standard InChI is InChI=1S/C7H16N2O2/c1-9(2,3)5-6(8)4-7(10)11/h6H,4-5,8H2,1-3H3/p+1/t6-/m0/s1. The summed E-state index contributed by atoms with van der Waals surface area (Å²) >= 11 is 0. The third kappa shape index (κ3) is 7.29. The largest absolute Gasteiger partial charge is 0.481 e. The van der Waals surface area contributed by atoms with Crippen molar-refractivity contribution in [2.45, 2.75) is 12.5 Å². The molecule has 0 rings (SSSR count). The van der Waals surface area contributed by atoms with E-state index in [0.29, 0.717) is 11.0 Å². The average Bonchev–Trinajstić information content (AvgIpc) is 1.53. The van der Waals surface area contributed by atoms with Gasteiger partial charge in [-0.15, -0.1) is 0 Å². The molecule has 0 aromatic carbocycles. The maximum Gasteiger partial charge on any atom is 0.305 e. The first-order valence-electron chi connectivity index (χ1n) is 3.59. The summed E-state index contributed by atoms with van der Waals surface area (Å²) < 4.78 is 0.703. The van der Waals surface area contributed by atoms with Gasteiger partial charge in [-0.1, -0.05) is 0 Å². The highest BCUT2D eigenvalue weighted by molar-refractivity contribution is 5.67. The highest BCUT2D eigenvalue weighted by atomic mass is 16.4. The molecule has 0 heterocycles. The smallest absolute Gasteiger partial charge is 0.305 e. The second-order valence-electron chi connectivity index (χ2n) is 3.83. The van der Waals surface area contributed by atoms with Crippen molar-refractivity contribution in [2.24, 2.45) is 5.73 Å². The Morgan fingerprint density at radius 1 is 1.55 bits per heavy atom. The lowest BCUT2D eigenvalue weighted by atomic mass is 10.2. The first-order valence-corrected chi connectivity index (χ1v) is 3.59. The van der Waals surface area contributed by atoms with Gasteiger partial charge in [-0.3, -0.25) is 4.79 Å². The monoisotopic (exact) mass is 161 g/mol. The summed E-state index contributed by atoms with van der Waals surface area (Å²) in [7, 11) is 5.96. The Morgan fingerprint density at radius 3 is 2.27 bits per heavy atom. The van der Waals surface area contributed by atoms with Crippen LogP contribution in [-0.4, -0.2) is 49.3 Å². The highest BCUT2D eigenvalue weighted by Crippen LogP contribution is 1.96. The first kappa shape index (κ1) is 10.4. The van der Waals surface area contributed by atoms with E-state index in [4.69, 9.17) is 10.8 Å². The van der Waals surface area contributed by atoms with Crippen LogP contribution in [0, 0.1) is 0 Å². The molecule has 0 aromatic rings. The van der Waals surface area contributed by atoms with E-state index in [9.17, 15) is 4.79 Å². The minimum atomic E-state index is -0.828. The van der Waals surface area contributed by atoms with Crippen molar-refractivity contribution in [1.29, 1.82) is 0 Å². The molecule has 11 heavy (non-hydrogen) atoms. The Hall–Kier alpha value is -0.610. The minimum absolute atomic E-state index is 0.0511. The van der Waals surface area contributed by atoms with Crippen LogP contribution in [0.15, 0.2) is 0 Å². The molecule has 0 radical (unpaired) electrons. The number of hydrogen-bond donors (Lipinski definition) is 2. The van der Waals surface area contributed by atoms with E-state index in [1.54, 1.807) is 0 Å². The van der Waals surface area contributed by atoms with Gasteiger partial charge in [0.15, 0.2) is 0 Å². The molecular weight excluding hydrogens is 144 g/mol. The highest BCUT2D eigenvalue weighted by Gasteiger charge is 2.16. The molecule has 4 heteroatoms. The fourth-order valence-corrected chi connectivity index (χ4v) is 0.992. The van der Waals surface area contributed by atoms with Gasteiger partial charge in [-0.25, -0.2) is 0 Å². The molecule has 3 N–H and O–H groups in total. The Morgan fingerprint density at radius 2 is 2.00 bits per heavy atom. The van der Waals surface area contributed by atoms with Gasteiger partial charge < -0.3 is 15.3 Å². The second-order valence-corrected chi connectivity index (χ2v) is 3.83. The van der Waals surface area contributed by atoms with E-state index < -0.39 is 5.97 Å². The van der Waals surface area contributed by atoms with Gasteiger partial charge in [0.2, 0.25) is 0 Å². The van der Waals surface area contributed by atoms with Crippen LogP contribution in [0.2, 0.25) is 0 Å². The van der Waals surface area contributed by atoms with Gasteiger partial charge in [-0.05, 0) is 0 Å². The number of aliphatic carboxylic acids is 1. The van der Waals surface area contributed by atoms with E-state index in [1.807, 2.05) is 21.1 Å². The van der Waals surface area contributed by atoms with Crippen LogP contribution < -0.4 is 5.73 Å².